The molecule has 1 N–H and O–H groups in total. The Morgan fingerprint density at radius 3 is 2.55 bits per heavy atom. The number of rotatable bonds is 2. The van der Waals surface area contributed by atoms with Crippen LogP contribution in [0.2, 0.25) is 0 Å². The number of likely N-dealkylation sites (tertiary alicyclic amines) is 1. The average molecular weight is 343 g/mol. The van der Waals surface area contributed by atoms with Gasteiger partial charge >= 0.3 is 0 Å². The molecule has 0 unspecified atom stereocenters. The maximum absolute atomic E-state index is 13.6. The first-order valence-electron chi connectivity index (χ1n) is 6.49. The molecule has 20 heavy (non-hydrogen) atoms. The van der Waals surface area contributed by atoms with Gasteiger partial charge in [-0.1, -0.05) is 15.9 Å². The van der Waals surface area contributed by atoms with Gasteiger partial charge in [0.1, 0.15) is 5.82 Å². The van der Waals surface area contributed by atoms with E-state index in [2.05, 4.69) is 21.2 Å². The monoisotopic (exact) mass is 342 g/mol. The Balaban J connectivity index is 1.94. The van der Waals surface area contributed by atoms with Crippen molar-refractivity contribution < 1.29 is 14.0 Å². The SMILES string of the molecule is CC(=O)N1CCC(C(=O)Nc2ccc(Br)cc2F)CC1. The first-order chi connectivity index (χ1) is 9.47. The lowest BCUT2D eigenvalue weighted by Crippen LogP contribution is -2.40. The number of benzene rings is 1. The number of nitrogens with one attached hydrogen (secondary N) is 1. The number of anilines is 1. The van der Waals surface area contributed by atoms with Gasteiger partial charge in [0.25, 0.3) is 0 Å². The minimum Gasteiger partial charge on any atom is -0.343 e. The van der Waals surface area contributed by atoms with Crippen LogP contribution >= 0.6 is 15.9 Å². The molecule has 1 aliphatic heterocycles. The summed E-state index contributed by atoms with van der Waals surface area (Å²) in [6.07, 6.45) is 1.23. The molecule has 1 saturated heterocycles. The van der Waals surface area contributed by atoms with Crippen LogP contribution in [0.4, 0.5) is 10.1 Å². The molecule has 0 atom stereocenters. The van der Waals surface area contributed by atoms with Crippen molar-refractivity contribution >= 4 is 33.4 Å². The second kappa shape index (κ2) is 6.35. The smallest absolute Gasteiger partial charge is 0.227 e. The van der Waals surface area contributed by atoms with Crippen molar-refractivity contribution in [1.82, 2.24) is 4.90 Å². The van der Waals surface area contributed by atoms with E-state index in [1.54, 1.807) is 11.0 Å². The number of piperidine rings is 1. The van der Waals surface area contributed by atoms with E-state index in [9.17, 15) is 14.0 Å². The van der Waals surface area contributed by atoms with Gasteiger partial charge in [0.2, 0.25) is 11.8 Å². The minimum absolute atomic E-state index is 0.0304. The predicted molar refractivity (Wildman–Crippen MR) is 77.7 cm³/mol. The van der Waals surface area contributed by atoms with Crippen molar-refractivity contribution in [3.63, 3.8) is 0 Å². The van der Waals surface area contributed by atoms with Crippen LogP contribution in [0.25, 0.3) is 0 Å². The molecule has 2 amide bonds. The van der Waals surface area contributed by atoms with Gasteiger partial charge in [0.05, 0.1) is 5.69 Å². The summed E-state index contributed by atoms with van der Waals surface area (Å²) in [7, 11) is 0. The van der Waals surface area contributed by atoms with Crippen molar-refractivity contribution in [3.05, 3.63) is 28.5 Å². The summed E-state index contributed by atoms with van der Waals surface area (Å²) in [5.74, 6) is -0.792. The van der Waals surface area contributed by atoms with Crippen LogP contribution in [0.3, 0.4) is 0 Å². The zero-order valence-electron chi connectivity index (χ0n) is 11.2. The second-order valence-electron chi connectivity index (χ2n) is 4.89. The third-order valence-corrected chi connectivity index (χ3v) is 3.99. The van der Waals surface area contributed by atoms with Crippen molar-refractivity contribution in [2.24, 2.45) is 5.92 Å². The number of hydrogen-bond acceptors (Lipinski definition) is 2. The number of nitrogens with zero attached hydrogens (tertiary/aromatic N) is 1. The third kappa shape index (κ3) is 3.56. The summed E-state index contributed by atoms with van der Waals surface area (Å²) in [5.41, 5.74) is 0.187. The molecule has 1 aromatic rings. The molecule has 2 rings (SSSR count). The van der Waals surface area contributed by atoms with Crippen LogP contribution in [-0.2, 0) is 9.59 Å². The Kier molecular flexibility index (Phi) is 4.75. The summed E-state index contributed by atoms with van der Waals surface area (Å²) in [5, 5.41) is 2.61. The molecule has 0 spiro atoms. The first-order valence-corrected chi connectivity index (χ1v) is 7.28. The van der Waals surface area contributed by atoms with E-state index in [0.29, 0.717) is 30.4 Å². The number of carbonyl (C=O) groups is 2. The Bertz CT molecular complexity index is 528. The highest BCUT2D eigenvalue weighted by atomic mass is 79.9. The highest BCUT2D eigenvalue weighted by Crippen LogP contribution is 2.23. The Labute approximate surface area is 125 Å². The van der Waals surface area contributed by atoms with Crippen molar-refractivity contribution in [2.45, 2.75) is 19.8 Å². The second-order valence-corrected chi connectivity index (χ2v) is 5.81. The zero-order chi connectivity index (χ0) is 14.7. The van der Waals surface area contributed by atoms with E-state index in [4.69, 9.17) is 0 Å². The van der Waals surface area contributed by atoms with Gasteiger partial charge in [-0.25, -0.2) is 4.39 Å². The molecule has 0 bridgehead atoms. The fourth-order valence-electron chi connectivity index (χ4n) is 2.28. The lowest BCUT2D eigenvalue weighted by molar-refractivity contribution is -0.132. The van der Waals surface area contributed by atoms with Crippen LogP contribution in [0, 0.1) is 11.7 Å². The first kappa shape index (κ1) is 15.0. The van der Waals surface area contributed by atoms with Gasteiger partial charge in [-0.05, 0) is 31.0 Å². The van der Waals surface area contributed by atoms with Gasteiger partial charge in [0.15, 0.2) is 0 Å². The molecule has 0 aromatic heterocycles. The van der Waals surface area contributed by atoms with E-state index in [1.807, 2.05) is 0 Å². The lowest BCUT2D eigenvalue weighted by Gasteiger charge is -2.30. The Morgan fingerprint density at radius 1 is 1.35 bits per heavy atom. The van der Waals surface area contributed by atoms with Crippen molar-refractivity contribution in [2.75, 3.05) is 18.4 Å². The van der Waals surface area contributed by atoms with Crippen molar-refractivity contribution in [3.8, 4) is 0 Å². The Morgan fingerprint density at radius 2 is 2.00 bits per heavy atom. The zero-order valence-corrected chi connectivity index (χ0v) is 12.7. The fraction of sp³-hybridized carbons (Fsp3) is 0.429. The summed E-state index contributed by atoms with van der Waals surface area (Å²) in [6, 6.07) is 4.52. The van der Waals surface area contributed by atoms with Gasteiger partial charge in [-0.2, -0.15) is 0 Å². The molecule has 108 valence electrons. The molecule has 6 heteroatoms. The third-order valence-electron chi connectivity index (χ3n) is 3.50. The van der Waals surface area contributed by atoms with E-state index in [1.165, 1.54) is 19.1 Å². The van der Waals surface area contributed by atoms with E-state index in [0.717, 1.165) is 0 Å². The maximum Gasteiger partial charge on any atom is 0.227 e. The highest BCUT2D eigenvalue weighted by Gasteiger charge is 2.26. The molecule has 1 aromatic carbocycles. The molecule has 0 saturated carbocycles. The maximum atomic E-state index is 13.6. The molecule has 1 fully saturated rings. The minimum atomic E-state index is -0.464. The largest absolute Gasteiger partial charge is 0.343 e. The van der Waals surface area contributed by atoms with Gasteiger partial charge in [0, 0.05) is 30.4 Å². The standard InChI is InChI=1S/C14H16BrFN2O2/c1-9(19)18-6-4-10(5-7-18)14(20)17-13-3-2-11(15)8-12(13)16/h2-3,8,10H,4-7H2,1H3,(H,17,20). The van der Waals surface area contributed by atoms with Crippen LogP contribution in [0.15, 0.2) is 22.7 Å². The fourth-order valence-corrected chi connectivity index (χ4v) is 2.62. The molecule has 4 nitrogen and oxygen atoms in total. The lowest BCUT2D eigenvalue weighted by atomic mass is 9.96. The van der Waals surface area contributed by atoms with Crippen LogP contribution in [0.1, 0.15) is 19.8 Å². The van der Waals surface area contributed by atoms with Gasteiger partial charge in [-0.3, -0.25) is 9.59 Å². The molecular formula is C14H16BrFN2O2. The van der Waals surface area contributed by atoms with E-state index < -0.39 is 5.82 Å². The van der Waals surface area contributed by atoms with Crippen LogP contribution in [-0.4, -0.2) is 29.8 Å². The molecule has 0 aliphatic carbocycles. The van der Waals surface area contributed by atoms with Gasteiger partial charge < -0.3 is 10.2 Å². The number of halogens is 2. The highest BCUT2D eigenvalue weighted by molar-refractivity contribution is 9.10. The molecule has 1 aliphatic rings. The number of amides is 2. The predicted octanol–water partition coefficient (Wildman–Crippen LogP) is 2.79. The van der Waals surface area contributed by atoms with E-state index >= 15 is 0 Å². The molecule has 0 radical (unpaired) electrons. The molecular weight excluding hydrogens is 327 g/mol. The number of carbonyl (C=O) groups excluding carboxylic acids is 2. The van der Waals surface area contributed by atoms with Crippen LogP contribution < -0.4 is 5.32 Å². The summed E-state index contributed by atoms with van der Waals surface area (Å²) in [6.45, 7) is 2.68. The van der Waals surface area contributed by atoms with Gasteiger partial charge in [-0.15, -0.1) is 0 Å². The van der Waals surface area contributed by atoms with Crippen LogP contribution in [0.5, 0.6) is 0 Å². The topological polar surface area (TPSA) is 49.4 Å². The quantitative estimate of drug-likeness (QED) is 0.898. The Hall–Kier alpha value is -1.43. The van der Waals surface area contributed by atoms with E-state index in [-0.39, 0.29) is 23.4 Å². The normalized spacial score (nSPS) is 16.1. The summed E-state index contributed by atoms with van der Waals surface area (Å²) in [4.78, 5) is 25.0. The summed E-state index contributed by atoms with van der Waals surface area (Å²) < 4.78 is 14.3. The number of hydrogen-bond donors (Lipinski definition) is 1. The molecule has 1 heterocycles. The van der Waals surface area contributed by atoms with Crippen molar-refractivity contribution in [1.29, 1.82) is 0 Å². The summed E-state index contributed by atoms with van der Waals surface area (Å²) >= 11 is 3.17. The average Bonchev–Trinajstić information content (AvgIpc) is 2.42.